The quantitative estimate of drug-likeness (QED) is 0.506. The largest absolute Gasteiger partial charge is 0.452 e. The molecule has 0 spiro atoms. The molecule has 1 amide bonds. The van der Waals surface area contributed by atoms with Gasteiger partial charge in [0.2, 0.25) is 5.89 Å². The zero-order valence-electron chi connectivity index (χ0n) is 11.0. The molecule has 0 radical (unpaired) electrons. The number of oxazole rings is 1. The lowest BCUT2D eigenvalue weighted by Crippen LogP contribution is -2.28. The number of aromatic nitrogens is 1. The minimum Gasteiger partial charge on any atom is -0.452 e. The molecule has 0 bridgehead atoms. The summed E-state index contributed by atoms with van der Waals surface area (Å²) in [7, 11) is 0. The van der Waals surface area contributed by atoms with Crippen LogP contribution in [0.3, 0.4) is 0 Å². The first-order valence-electron chi connectivity index (χ1n) is 6.09. The van der Waals surface area contributed by atoms with Crippen LogP contribution in [0.1, 0.15) is 5.89 Å². The molecule has 0 saturated carbocycles. The zero-order chi connectivity index (χ0) is 15.1. The Kier molecular flexibility index (Phi) is 4.72. The van der Waals surface area contributed by atoms with Crippen molar-refractivity contribution in [1.82, 2.24) is 10.3 Å². The Balaban J connectivity index is 1.87. The molecule has 0 aliphatic carbocycles. The fraction of sp³-hybridized carbons (Fsp3) is 0.133. The van der Waals surface area contributed by atoms with Crippen molar-refractivity contribution in [3.05, 3.63) is 36.2 Å². The van der Waals surface area contributed by atoms with Crippen molar-refractivity contribution in [2.75, 3.05) is 13.2 Å². The van der Waals surface area contributed by atoms with Crippen LogP contribution in [0.5, 0.6) is 0 Å². The molecule has 0 atom stereocenters. The van der Waals surface area contributed by atoms with Crippen molar-refractivity contribution in [2.45, 2.75) is 0 Å². The van der Waals surface area contributed by atoms with E-state index in [1.165, 1.54) is 6.08 Å². The Labute approximate surface area is 120 Å². The predicted molar refractivity (Wildman–Crippen MR) is 75.8 cm³/mol. The number of benzene rings is 1. The molecule has 0 fully saturated rings. The number of carbonyl (C=O) groups is 2. The number of hydrogen-bond acceptors (Lipinski definition) is 5. The Morgan fingerprint density at radius 2 is 2.24 bits per heavy atom. The Bertz CT molecular complexity index is 692. The van der Waals surface area contributed by atoms with E-state index in [0.29, 0.717) is 11.1 Å². The topological polar surface area (TPSA) is 81.4 Å². The summed E-state index contributed by atoms with van der Waals surface area (Å²) in [5, 5.41) is 2.37. The SMILES string of the molecule is C#CCNC(=O)COC(=O)/C=C/c1nc2ccccc2o1. The van der Waals surface area contributed by atoms with E-state index in [-0.39, 0.29) is 12.4 Å². The van der Waals surface area contributed by atoms with Gasteiger partial charge in [0.05, 0.1) is 6.54 Å². The summed E-state index contributed by atoms with van der Waals surface area (Å²) in [4.78, 5) is 26.7. The fourth-order valence-corrected chi connectivity index (χ4v) is 1.49. The summed E-state index contributed by atoms with van der Waals surface area (Å²) in [6.45, 7) is -0.298. The highest BCUT2D eigenvalue weighted by molar-refractivity contribution is 5.89. The maximum Gasteiger partial charge on any atom is 0.331 e. The smallest absolute Gasteiger partial charge is 0.331 e. The molecule has 0 aliphatic heterocycles. The summed E-state index contributed by atoms with van der Waals surface area (Å²) in [6.07, 6.45) is 7.49. The molecule has 0 aliphatic rings. The van der Waals surface area contributed by atoms with Crippen LogP contribution in [-0.4, -0.2) is 30.0 Å². The Morgan fingerprint density at radius 3 is 3.00 bits per heavy atom. The Hall–Kier alpha value is -3.07. The van der Waals surface area contributed by atoms with Crippen molar-refractivity contribution in [1.29, 1.82) is 0 Å². The van der Waals surface area contributed by atoms with E-state index in [1.807, 2.05) is 12.1 Å². The minimum atomic E-state index is -0.673. The third-order valence-corrected chi connectivity index (χ3v) is 2.41. The fourth-order valence-electron chi connectivity index (χ4n) is 1.49. The number of carbonyl (C=O) groups excluding carboxylic acids is 2. The number of esters is 1. The number of amides is 1. The maximum atomic E-state index is 11.4. The van der Waals surface area contributed by atoms with Crippen molar-refractivity contribution < 1.29 is 18.7 Å². The van der Waals surface area contributed by atoms with Crippen LogP contribution >= 0.6 is 0 Å². The average molecular weight is 284 g/mol. The van der Waals surface area contributed by atoms with Gasteiger partial charge in [-0.2, -0.15) is 0 Å². The first-order chi connectivity index (χ1) is 10.2. The van der Waals surface area contributed by atoms with Crippen LogP contribution in [-0.2, 0) is 14.3 Å². The van der Waals surface area contributed by atoms with Crippen LogP contribution in [0.2, 0.25) is 0 Å². The van der Waals surface area contributed by atoms with Crippen LogP contribution in [0.25, 0.3) is 17.2 Å². The number of fused-ring (bicyclic) bond motifs is 1. The van der Waals surface area contributed by atoms with E-state index in [2.05, 4.69) is 16.2 Å². The lowest BCUT2D eigenvalue weighted by Gasteiger charge is -2.01. The minimum absolute atomic E-state index is 0.0924. The molecule has 1 aromatic carbocycles. The molecule has 1 heterocycles. The lowest BCUT2D eigenvalue weighted by atomic mass is 10.3. The molecule has 1 N–H and O–H groups in total. The normalized spacial score (nSPS) is 10.4. The monoisotopic (exact) mass is 284 g/mol. The van der Waals surface area contributed by atoms with Gasteiger partial charge in [0.1, 0.15) is 5.52 Å². The van der Waals surface area contributed by atoms with Crippen molar-refractivity contribution in [3.63, 3.8) is 0 Å². The van der Waals surface area contributed by atoms with Gasteiger partial charge in [-0.25, -0.2) is 9.78 Å². The van der Waals surface area contributed by atoms with E-state index in [1.54, 1.807) is 12.1 Å². The molecule has 2 rings (SSSR count). The third kappa shape index (κ3) is 4.21. The van der Waals surface area contributed by atoms with E-state index >= 15 is 0 Å². The molecule has 6 heteroatoms. The van der Waals surface area contributed by atoms with Gasteiger partial charge in [0.15, 0.2) is 12.2 Å². The number of para-hydroxylation sites is 2. The van der Waals surface area contributed by atoms with E-state index in [0.717, 1.165) is 6.08 Å². The van der Waals surface area contributed by atoms with Gasteiger partial charge < -0.3 is 14.5 Å². The van der Waals surface area contributed by atoms with Crippen molar-refractivity contribution in [3.8, 4) is 12.3 Å². The molecule has 0 unspecified atom stereocenters. The second-order valence-corrected chi connectivity index (χ2v) is 3.94. The highest BCUT2D eigenvalue weighted by atomic mass is 16.5. The van der Waals surface area contributed by atoms with E-state index in [9.17, 15) is 9.59 Å². The molecule has 1 aromatic heterocycles. The summed E-state index contributed by atoms with van der Waals surface area (Å²) < 4.78 is 10.1. The van der Waals surface area contributed by atoms with Crippen LogP contribution in [0, 0.1) is 12.3 Å². The summed E-state index contributed by atoms with van der Waals surface area (Å²) in [5.41, 5.74) is 1.32. The summed E-state index contributed by atoms with van der Waals surface area (Å²) >= 11 is 0. The number of terminal acetylenes is 1. The highest BCUT2D eigenvalue weighted by Gasteiger charge is 2.05. The lowest BCUT2D eigenvalue weighted by molar-refractivity contribution is -0.143. The Morgan fingerprint density at radius 1 is 1.43 bits per heavy atom. The van der Waals surface area contributed by atoms with Crippen LogP contribution in [0.4, 0.5) is 0 Å². The second-order valence-electron chi connectivity index (χ2n) is 3.94. The van der Waals surface area contributed by atoms with Gasteiger partial charge in [-0.15, -0.1) is 6.42 Å². The second kappa shape index (κ2) is 6.91. The molecule has 21 heavy (non-hydrogen) atoms. The van der Waals surface area contributed by atoms with Gasteiger partial charge >= 0.3 is 5.97 Å². The average Bonchev–Trinajstić information content (AvgIpc) is 2.91. The molecule has 6 nitrogen and oxygen atoms in total. The van der Waals surface area contributed by atoms with Crippen LogP contribution < -0.4 is 5.32 Å². The first kappa shape index (κ1) is 14.3. The van der Waals surface area contributed by atoms with E-state index < -0.39 is 18.5 Å². The summed E-state index contributed by atoms with van der Waals surface area (Å²) in [6, 6.07) is 7.23. The number of nitrogens with zero attached hydrogens (tertiary/aromatic N) is 1. The zero-order valence-corrected chi connectivity index (χ0v) is 11.0. The van der Waals surface area contributed by atoms with Gasteiger partial charge in [-0.1, -0.05) is 18.1 Å². The number of rotatable bonds is 5. The van der Waals surface area contributed by atoms with Crippen LogP contribution in [0.15, 0.2) is 34.8 Å². The van der Waals surface area contributed by atoms with Gasteiger partial charge in [0, 0.05) is 12.2 Å². The highest BCUT2D eigenvalue weighted by Crippen LogP contribution is 2.15. The van der Waals surface area contributed by atoms with Gasteiger partial charge in [-0.05, 0) is 12.1 Å². The standard InChI is InChI=1S/C15H12N2O4/c1-2-9-16-13(18)10-20-15(19)8-7-14-17-11-5-3-4-6-12(11)21-14/h1,3-8H,9-10H2,(H,16,18)/b8-7+. The van der Waals surface area contributed by atoms with E-state index in [4.69, 9.17) is 15.6 Å². The molecule has 2 aromatic rings. The summed E-state index contributed by atoms with van der Waals surface area (Å²) in [5.74, 6) is 1.39. The maximum absolute atomic E-state index is 11.4. The molecular formula is C15H12N2O4. The molecule has 0 saturated heterocycles. The predicted octanol–water partition coefficient (Wildman–Crippen LogP) is 1.13. The van der Waals surface area contributed by atoms with Gasteiger partial charge in [0.25, 0.3) is 5.91 Å². The molecular weight excluding hydrogens is 272 g/mol. The third-order valence-electron chi connectivity index (χ3n) is 2.41. The first-order valence-corrected chi connectivity index (χ1v) is 6.09. The number of hydrogen-bond donors (Lipinski definition) is 1. The molecule has 106 valence electrons. The number of nitrogens with one attached hydrogen (secondary N) is 1. The van der Waals surface area contributed by atoms with Gasteiger partial charge in [-0.3, -0.25) is 4.79 Å². The van der Waals surface area contributed by atoms with Crippen molar-refractivity contribution in [2.24, 2.45) is 0 Å². The van der Waals surface area contributed by atoms with Crippen molar-refractivity contribution >= 4 is 29.1 Å². The number of ether oxygens (including phenoxy) is 1.